The smallest absolute Gasteiger partial charge is 0.482 e. The van der Waals surface area contributed by atoms with Crippen LogP contribution >= 0.6 is 0 Å². The molecule has 2 aromatic rings. The number of ether oxygens (including phenoxy) is 3. The number of nitrogens with zero attached hydrogens (tertiary/aromatic N) is 3. The number of halogens is 3. The van der Waals surface area contributed by atoms with Crippen LogP contribution < -0.4 is 15.4 Å². The highest BCUT2D eigenvalue weighted by Gasteiger charge is 2.38. The minimum Gasteiger partial charge on any atom is -0.482 e. The van der Waals surface area contributed by atoms with Crippen LogP contribution in [0.5, 0.6) is 5.75 Å². The lowest BCUT2D eigenvalue weighted by atomic mass is 10.0. The molecule has 3 aliphatic rings. The number of nitrogens with one attached hydrogen (secondary N) is 2. The Balaban J connectivity index is 0.000000517. The molecule has 1 unspecified atom stereocenters. The first-order chi connectivity index (χ1) is 19.9. The van der Waals surface area contributed by atoms with E-state index in [-0.39, 0.29) is 62.2 Å². The van der Waals surface area contributed by atoms with E-state index in [9.17, 15) is 22.8 Å². The number of fused-ring (bicyclic) bond motifs is 1. The number of amides is 2. The van der Waals surface area contributed by atoms with Crippen LogP contribution in [0.25, 0.3) is 0 Å². The quantitative estimate of drug-likeness (QED) is 0.371. The molecule has 0 bridgehead atoms. The summed E-state index contributed by atoms with van der Waals surface area (Å²) in [6, 6.07) is 6.91. The number of carboxylic acid groups (broad SMARTS) is 1. The SMILES string of the molecule is Cc1nc(C(=O)NCc2ccc3c(c2)NC(=O)CO3)cc(C2=NOC([C@H]3CO[C@H](CO)CO3)C2)n1.O=C(O)C(F)(F)F. The van der Waals surface area contributed by atoms with E-state index >= 15 is 0 Å². The first-order valence-electron chi connectivity index (χ1n) is 12.5. The predicted octanol–water partition coefficient (Wildman–Crippen LogP) is 0.949. The summed E-state index contributed by atoms with van der Waals surface area (Å²) in [7, 11) is 0. The van der Waals surface area contributed by atoms with Crippen molar-refractivity contribution >= 4 is 29.2 Å². The number of aryl methyl sites for hydroxylation is 1. The number of carbonyl (C=O) groups is 3. The van der Waals surface area contributed by atoms with Crippen LogP contribution in [0, 0.1) is 6.92 Å². The van der Waals surface area contributed by atoms with E-state index in [4.69, 9.17) is 34.1 Å². The molecule has 4 N–H and O–H groups in total. The number of aliphatic hydroxyl groups is 1. The van der Waals surface area contributed by atoms with Crippen molar-refractivity contribution in [1.82, 2.24) is 15.3 Å². The van der Waals surface area contributed by atoms with Crippen molar-refractivity contribution in [3.8, 4) is 5.75 Å². The average Bonchev–Trinajstić information content (AvgIpc) is 3.46. The van der Waals surface area contributed by atoms with Gasteiger partial charge in [-0.15, -0.1) is 0 Å². The summed E-state index contributed by atoms with van der Waals surface area (Å²) in [5, 5.41) is 26.0. The van der Waals surface area contributed by atoms with E-state index < -0.39 is 12.1 Å². The van der Waals surface area contributed by atoms with Gasteiger partial charge in [-0.25, -0.2) is 14.8 Å². The molecule has 2 amide bonds. The van der Waals surface area contributed by atoms with Gasteiger partial charge >= 0.3 is 12.1 Å². The van der Waals surface area contributed by atoms with Crippen LogP contribution in [0.3, 0.4) is 0 Å². The molecule has 0 radical (unpaired) electrons. The van der Waals surface area contributed by atoms with E-state index in [1.54, 1.807) is 25.1 Å². The van der Waals surface area contributed by atoms with Gasteiger partial charge in [0.25, 0.3) is 11.8 Å². The molecule has 0 aliphatic carbocycles. The molecule has 17 heteroatoms. The summed E-state index contributed by atoms with van der Waals surface area (Å²) in [5.74, 6) is -2.33. The number of aliphatic hydroxyl groups excluding tert-OH is 1. The van der Waals surface area contributed by atoms with Crippen LogP contribution in [0.4, 0.5) is 18.9 Å². The molecule has 0 spiro atoms. The third-order valence-corrected chi connectivity index (χ3v) is 6.04. The standard InChI is InChI=1S/C23H25N5O7.C2HF3O2/c1-12-25-15(16-6-20(35-28-16)21-10-32-14(8-29)9-33-21)5-18(26-12)23(31)24-7-13-2-3-19-17(4-13)27-22(30)11-34-19;3-2(4,5)1(6)7/h2-5,14,20-21,29H,6-11H2,1H3,(H,24,31)(H,27,30);(H,6,7)/t14-,20?,21-;/m1./s1. The van der Waals surface area contributed by atoms with Crippen molar-refractivity contribution in [3.63, 3.8) is 0 Å². The van der Waals surface area contributed by atoms with Gasteiger partial charge in [0.2, 0.25) is 0 Å². The summed E-state index contributed by atoms with van der Waals surface area (Å²) in [6.07, 6.45) is -5.62. The summed E-state index contributed by atoms with van der Waals surface area (Å²) in [4.78, 5) is 47.5. The van der Waals surface area contributed by atoms with Gasteiger partial charge < -0.3 is 39.9 Å². The second-order valence-electron chi connectivity index (χ2n) is 9.23. The molecule has 3 atom stereocenters. The highest BCUT2D eigenvalue weighted by atomic mass is 19.4. The number of benzene rings is 1. The van der Waals surface area contributed by atoms with Gasteiger partial charge in [0, 0.05) is 13.0 Å². The van der Waals surface area contributed by atoms with Crippen LogP contribution in [-0.4, -0.2) is 94.6 Å². The van der Waals surface area contributed by atoms with Gasteiger partial charge in [-0.3, -0.25) is 9.59 Å². The summed E-state index contributed by atoms with van der Waals surface area (Å²) < 4.78 is 48.4. The number of hydrogen-bond acceptors (Lipinski definition) is 11. The number of anilines is 1. The minimum absolute atomic E-state index is 0.0127. The highest BCUT2D eigenvalue weighted by molar-refractivity contribution is 6.02. The number of aromatic nitrogens is 2. The molecule has 42 heavy (non-hydrogen) atoms. The Bertz CT molecular complexity index is 1360. The van der Waals surface area contributed by atoms with Gasteiger partial charge in [0.15, 0.2) is 12.7 Å². The maximum absolute atomic E-state index is 12.8. The lowest BCUT2D eigenvalue weighted by Crippen LogP contribution is -2.43. The predicted molar refractivity (Wildman–Crippen MR) is 135 cm³/mol. The minimum atomic E-state index is -5.08. The number of aliphatic carboxylic acids is 1. The first kappa shape index (κ1) is 30.6. The van der Waals surface area contributed by atoms with Gasteiger partial charge in [-0.05, 0) is 30.7 Å². The van der Waals surface area contributed by atoms with Crippen LogP contribution in [-0.2, 0) is 30.4 Å². The number of hydrogen-bond donors (Lipinski definition) is 4. The molecule has 1 aromatic heterocycles. The van der Waals surface area contributed by atoms with Crippen LogP contribution in [0.15, 0.2) is 29.4 Å². The zero-order chi connectivity index (χ0) is 30.4. The Hall–Kier alpha value is -4.35. The average molecular weight is 598 g/mol. The number of oxime groups is 1. The maximum Gasteiger partial charge on any atom is 0.490 e. The molecule has 1 aromatic carbocycles. The highest BCUT2D eigenvalue weighted by Crippen LogP contribution is 2.28. The summed E-state index contributed by atoms with van der Waals surface area (Å²) >= 11 is 0. The fraction of sp³-hybridized carbons (Fsp3) is 0.440. The van der Waals surface area contributed by atoms with E-state index in [1.807, 2.05) is 6.07 Å². The third-order valence-electron chi connectivity index (χ3n) is 6.04. The van der Waals surface area contributed by atoms with Crippen molar-refractivity contribution in [3.05, 3.63) is 47.0 Å². The second kappa shape index (κ2) is 13.1. The largest absolute Gasteiger partial charge is 0.490 e. The molecule has 226 valence electrons. The third kappa shape index (κ3) is 7.89. The van der Waals surface area contributed by atoms with Crippen molar-refractivity contribution < 1.29 is 56.8 Å². The number of rotatable bonds is 6. The molecular formula is C25H26F3N5O9. The maximum atomic E-state index is 12.8. The summed E-state index contributed by atoms with van der Waals surface area (Å²) in [6.45, 7) is 2.42. The van der Waals surface area contributed by atoms with Crippen molar-refractivity contribution in [2.75, 3.05) is 31.7 Å². The summed E-state index contributed by atoms with van der Waals surface area (Å²) in [5.41, 5.74) is 2.66. The zero-order valence-electron chi connectivity index (χ0n) is 22.0. The van der Waals surface area contributed by atoms with E-state index in [0.717, 1.165) is 5.56 Å². The van der Waals surface area contributed by atoms with E-state index in [0.29, 0.717) is 41.7 Å². The van der Waals surface area contributed by atoms with Gasteiger partial charge in [-0.1, -0.05) is 11.2 Å². The molecule has 1 fully saturated rings. The Labute approximate surface area is 235 Å². The normalized spacial score (nSPS) is 21.4. The van der Waals surface area contributed by atoms with Crippen molar-refractivity contribution in [2.24, 2.45) is 5.16 Å². The fourth-order valence-electron chi connectivity index (χ4n) is 3.97. The van der Waals surface area contributed by atoms with Crippen LogP contribution in [0.1, 0.15) is 34.0 Å². The van der Waals surface area contributed by atoms with Gasteiger partial charge in [0.1, 0.15) is 35.2 Å². The molecular weight excluding hydrogens is 571 g/mol. The number of carboxylic acids is 1. The molecule has 1 saturated heterocycles. The lowest BCUT2D eigenvalue weighted by molar-refractivity contribution is -0.192. The topological polar surface area (TPSA) is 191 Å². The molecule has 14 nitrogen and oxygen atoms in total. The van der Waals surface area contributed by atoms with E-state index in [1.165, 1.54) is 0 Å². The fourth-order valence-corrected chi connectivity index (χ4v) is 3.97. The van der Waals surface area contributed by atoms with Gasteiger partial charge in [0.05, 0.1) is 31.2 Å². The molecule has 5 rings (SSSR count). The second-order valence-corrected chi connectivity index (χ2v) is 9.23. The van der Waals surface area contributed by atoms with Crippen molar-refractivity contribution in [2.45, 2.75) is 44.4 Å². The first-order valence-corrected chi connectivity index (χ1v) is 12.5. The number of carbonyl (C=O) groups excluding carboxylic acids is 2. The molecule has 3 aliphatic heterocycles. The zero-order valence-corrected chi connectivity index (χ0v) is 22.0. The van der Waals surface area contributed by atoms with Crippen molar-refractivity contribution in [1.29, 1.82) is 0 Å². The monoisotopic (exact) mass is 597 g/mol. The Morgan fingerprint density at radius 1 is 1.14 bits per heavy atom. The Morgan fingerprint density at radius 3 is 2.57 bits per heavy atom. The van der Waals surface area contributed by atoms with Gasteiger partial charge in [-0.2, -0.15) is 13.2 Å². The Morgan fingerprint density at radius 2 is 1.90 bits per heavy atom. The Kier molecular flexibility index (Phi) is 9.54. The van der Waals surface area contributed by atoms with Crippen LogP contribution in [0.2, 0.25) is 0 Å². The van der Waals surface area contributed by atoms with E-state index in [2.05, 4.69) is 25.8 Å². The molecule has 0 saturated carbocycles. The number of alkyl halides is 3. The molecule has 4 heterocycles. The lowest BCUT2D eigenvalue weighted by Gasteiger charge is -2.30.